The largest absolute Gasteiger partial charge is 0.469 e. The fourth-order valence-corrected chi connectivity index (χ4v) is 5.13. The number of aromatic nitrogens is 1. The number of rotatable bonds is 1. The van der Waals surface area contributed by atoms with Crippen LogP contribution in [0, 0.1) is 5.92 Å². The van der Waals surface area contributed by atoms with Crippen molar-refractivity contribution < 1.29 is 28.6 Å². The van der Waals surface area contributed by atoms with E-state index >= 15 is 0 Å². The maximum Gasteiger partial charge on any atom is 0.419 e. The summed E-state index contributed by atoms with van der Waals surface area (Å²) < 4.78 is 17.9. The molecule has 3 atom stereocenters. The lowest BCUT2D eigenvalue weighted by atomic mass is 9.72. The quantitative estimate of drug-likeness (QED) is 0.437. The molecule has 0 N–H and O–H groups in total. The SMILES string of the molecule is COC(=O)[C@@H]1C[C@@H]2c3cccc4c3c(cn4C(=O)OC(C)(C)C)C[C@H]2N(C(=O)OC(C)(C)C)C1. The molecule has 1 aromatic carbocycles. The molecular weight excluding hydrogens is 436 g/mol. The minimum absolute atomic E-state index is 0.0870. The molecule has 0 saturated carbocycles. The molecule has 1 fully saturated rings. The molecule has 2 aliphatic rings. The number of benzene rings is 1. The molecule has 8 nitrogen and oxygen atoms in total. The Bertz CT molecular complexity index is 1140. The summed E-state index contributed by atoms with van der Waals surface area (Å²) in [4.78, 5) is 40.4. The molecule has 0 bridgehead atoms. The lowest BCUT2D eigenvalue weighted by molar-refractivity contribution is -0.148. The summed E-state index contributed by atoms with van der Waals surface area (Å²) in [6, 6.07) is 5.64. The second-order valence-electron chi connectivity index (χ2n) is 11.2. The number of hydrogen-bond acceptors (Lipinski definition) is 6. The Labute approximate surface area is 200 Å². The molecule has 2 heterocycles. The van der Waals surface area contributed by atoms with Crippen LogP contribution in [0.15, 0.2) is 24.4 Å². The van der Waals surface area contributed by atoms with Gasteiger partial charge in [-0.05, 0) is 71.6 Å². The number of esters is 1. The molecule has 0 radical (unpaired) electrons. The number of carbonyl (C=O) groups excluding carboxylic acids is 3. The van der Waals surface area contributed by atoms with Gasteiger partial charge in [-0.1, -0.05) is 12.1 Å². The van der Waals surface area contributed by atoms with Crippen LogP contribution >= 0.6 is 0 Å². The Balaban J connectivity index is 1.78. The van der Waals surface area contributed by atoms with Gasteiger partial charge in [-0.15, -0.1) is 0 Å². The summed E-state index contributed by atoms with van der Waals surface area (Å²) in [6.45, 7) is 11.2. The van der Waals surface area contributed by atoms with Gasteiger partial charge in [-0.2, -0.15) is 0 Å². The highest BCUT2D eigenvalue weighted by Crippen LogP contribution is 2.46. The van der Waals surface area contributed by atoms with E-state index in [1.807, 2.05) is 65.9 Å². The fourth-order valence-electron chi connectivity index (χ4n) is 5.13. The van der Waals surface area contributed by atoms with Crippen LogP contribution in [0.5, 0.6) is 0 Å². The monoisotopic (exact) mass is 470 g/mol. The lowest BCUT2D eigenvalue weighted by Crippen LogP contribution is -2.55. The number of piperidine rings is 1. The van der Waals surface area contributed by atoms with Crippen molar-refractivity contribution in [1.29, 1.82) is 0 Å². The van der Waals surface area contributed by atoms with Gasteiger partial charge in [-0.3, -0.25) is 9.36 Å². The first-order valence-corrected chi connectivity index (χ1v) is 11.7. The molecule has 1 aromatic heterocycles. The summed E-state index contributed by atoms with van der Waals surface area (Å²) >= 11 is 0. The number of likely N-dealkylation sites (tertiary alicyclic amines) is 1. The average molecular weight is 471 g/mol. The van der Waals surface area contributed by atoms with Crippen LogP contribution in [-0.2, 0) is 25.4 Å². The Morgan fingerprint density at radius 3 is 2.24 bits per heavy atom. The molecule has 1 aliphatic heterocycles. The number of nitrogens with zero attached hydrogens (tertiary/aromatic N) is 2. The molecule has 4 rings (SSSR count). The lowest BCUT2D eigenvalue weighted by Gasteiger charge is -2.46. The van der Waals surface area contributed by atoms with E-state index in [4.69, 9.17) is 14.2 Å². The van der Waals surface area contributed by atoms with E-state index in [-0.39, 0.29) is 24.5 Å². The van der Waals surface area contributed by atoms with Crippen molar-refractivity contribution in [2.45, 2.75) is 77.5 Å². The highest BCUT2D eigenvalue weighted by atomic mass is 16.6. The second-order valence-corrected chi connectivity index (χ2v) is 11.2. The number of methoxy groups -OCH3 is 1. The van der Waals surface area contributed by atoms with Crippen molar-refractivity contribution in [3.63, 3.8) is 0 Å². The Morgan fingerprint density at radius 1 is 0.971 bits per heavy atom. The predicted octanol–water partition coefficient (Wildman–Crippen LogP) is 4.86. The summed E-state index contributed by atoms with van der Waals surface area (Å²) in [5, 5.41) is 0.990. The van der Waals surface area contributed by atoms with Crippen LogP contribution in [0.3, 0.4) is 0 Å². The number of fused-ring (bicyclic) bond motifs is 2. The van der Waals surface area contributed by atoms with Gasteiger partial charge in [0.05, 0.1) is 18.5 Å². The fraction of sp³-hybridized carbons (Fsp3) is 0.577. The first kappa shape index (κ1) is 24.1. The minimum Gasteiger partial charge on any atom is -0.469 e. The summed E-state index contributed by atoms with van der Waals surface area (Å²) in [7, 11) is 1.37. The number of ether oxygens (including phenoxy) is 3. The molecule has 34 heavy (non-hydrogen) atoms. The molecule has 1 aliphatic carbocycles. The van der Waals surface area contributed by atoms with E-state index in [0.717, 1.165) is 22.0 Å². The van der Waals surface area contributed by atoms with Gasteiger partial charge in [-0.25, -0.2) is 9.59 Å². The number of hydrogen-bond donors (Lipinski definition) is 0. The van der Waals surface area contributed by atoms with Crippen LogP contribution in [-0.4, -0.2) is 58.5 Å². The van der Waals surface area contributed by atoms with Gasteiger partial charge in [0.15, 0.2) is 0 Å². The maximum atomic E-state index is 13.2. The van der Waals surface area contributed by atoms with Crippen molar-refractivity contribution in [2.75, 3.05) is 13.7 Å². The molecule has 184 valence electrons. The van der Waals surface area contributed by atoms with E-state index in [9.17, 15) is 14.4 Å². The van der Waals surface area contributed by atoms with Crippen molar-refractivity contribution in [1.82, 2.24) is 9.47 Å². The van der Waals surface area contributed by atoms with Crippen molar-refractivity contribution >= 4 is 29.1 Å². The zero-order chi connectivity index (χ0) is 25.0. The van der Waals surface area contributed by atoms with E-state index in [0.29, 0.717) is 12.8 Å². The van der Waals surface area contributed by atoms with Crippen LogP contribution in [0.2, 0.25) is 0 Å². The third kappa shape index (κ3) is 4.50. The van der Waals surface area contributed by atoms with Crippen molar-refractivity contribution in [3.05, 3.63) is 35.5 Å². The predicted molar refractivity (Wildman–Crippen MR) is 127 cm³/mol. The van der Waals surface area contributed by atoms with Gasteiger partial charge >= 0.3 is 18.2 Å². The normalized spacial score (nSPS) is 22.2. The van der Waals surface area contributed by atoms with E-state index in [1.54, 1.807) is 9.47 Å². The van der Waals surface area contributed by atoms with Crippen molar-refractivity contribution in [3.8, 4) is 0 Å². The Kier molecular flexibility index (Phi) is 5.90. The highest BCUT2D eigenvalue weighted by molar-refractivity contribution is 5.95. The number of carbonyl (C=O) groups is 3. The second kappa shape index (κ2) is 8.32. The molecule has 0 unspecified atom stereocenters. The summed E-state index contributed by atoms with van der Waals surface area (Å²) in [5.74, 6) is -0.879. The van der Waals surface area contributed by atoms with Gasteiger partial charge in [0.1, 0.15) is 11.2 Å². The zero-order valence-electron chi connectivity index (χ0n) is 21.0. The van der Waals surface area contributed by atoms with Gasteiger partial charge < -0.3 is 19.1 Å². The van der Waals surface area contributed by atoms with Crippen molar-refractivity contribution in [2.24, 2.45) is 5.92 Å². The van der Waals surface area contributed by atoms with Crippen LogP contribution in [0.1, 0.15) is 65.0 Å². The zero-order valence-corrected chi connectivity index (χ0v) is 21.0. The molecule has 0 spiro atoms. The Hall–Kier alpha value is -3.03. The highest BCUT2D eigenvalue weighted by Gasteiger charge is 2.46. The molecular formula is C26H34N2O6. The van der Waals surface area contributed by atoms with E-state index in [1.165, 1.54) is 7.11 Å². The van der Waals surface area contributed by atoms with Gasteiger partial charge in [0.25, 0.3) is 0 Å². The molecule has 8 heteroatoms. The molecule has 1 amide bonds. The molecule has 2 aromatic rings. The van der Waals surface area contributed by atoms with Crippen LogP contribution in [0.25, 0.3) is 10.9 Å². The van der Waals surface area contributed by atoms with Crippen LogP contribution in [0.4, 0.5) is 9.59 Å². The first-order chi connectivity index (χ1) is 15.8. The van der Waals surface area contributed by atoms with Gasteiger partial charge in [0.2, 0.25) is 0 Å². The first-order valence-electron chi connectivity index (χ1n) is 11.7. The Morgan fingerprint density at radius 2 is 1.62 bits per heavy atom. The smallest absolute Gasteiger partial charge is 0.419 e. The summed E-state index contributed by atoms with van der Waals surface area (Å²) in [5.41, 5.74) is 1.48. The van der Waals surface area contributed by atoms with E-state index < -0.39 is 29.3 Å². The van der Waals surface area contributed by atoms with Crippen LogP contribution < -0.4 is 0 Å². The van der Waals surface area contributed by atoms with Gasteiger partial charge in [0, 0.05) is 30.1 Å². The topological polar surface area (TPSA) is 87.1 Å². The number of amides is 1. The third-order valence-electron chi connectivity index (χ3n) is 6.34. The standard InChI is InChI=1S/C26H34N2O6/c1-25(2,3)33-23(30)27-13-15-12-20-18(17-9-8-10-19(27)21(15)17)11-16(22(29)32-7)14-28(20)24(31)34-26(4,5)6/h8-10,13,16,18,20H,11-12,14H2,1-7H3/t16-,18-,20-/m1/s1. The summed E-state index contributed by atoms with van der Waals surface area (Å²) in [6.07, 6.45) is 2.05. The maximum absolute atomic E-state index is 13.2. The minimum atomic E-state index is -0.662. The average Bonchev–Trinajstić information content (AvgIpc) is 3.10. The molecule has 1 saturated heterocycles. The third-order valence-corrected chi connectivity index (χ3v) is 6.34. The van der Waals surface area contributed by atoms with E-state index in [2.05, 4.69) is 0 Å².